The minimum atomic E-state index is -0.0672. The van der Waals surface area contributed by atoms with Gasteiger partial charge in [0.05, 0.1) is 11.8 Å². The highest BCUT2D eigenvalue weighted by atomic mass is 79.9. The van der Waals surface area contributed by atoms with E-state index in [1.165, 1.54) is 6.20 Å². The second-order valence-electron chi connectivity index (χ2n) is 4.06. The van der Waals surface area contributed by atoms with E-state index in [-0.39, 0.29) is 5.78 Å². The lowest BCUT2D eigenvalue weighted by Crippen LogP contribution is -2.03. The van der Waals surface area contributed by atoms with Gasteiger partial charge in [0.1, 0.15) is 0 Å². The fraction of sp³-hybridized carbons (Fsp3) is 0.250. The molecule has 86 valence electrons. The maximum absolute atomic E-state index is 12.3. The number of rotatable bonds is 3. The molecule has 2 aromatic rings. The number of aromatic nitrogens is 2. The average molecular weight is 293 g/mol. The molecule has 3 rings (SSSR count). The Labute approximate surface area is 106 Å². The van der Waals surface area contributed by atoms with Gasteiger partial charge < -0.3 is 4.52 Å². The molecule has 0 spiro atoms. The number of carbonyl (C=O) groups excluding carboxylic acids is 1. The number of hydrogen-bond acceptors (Lipinski definition) is 4. The SMILES string of the molecule is O=C(c1ccncc1Br)c1cnoc1C1CC1. The number of ketones is 1. The van der Waals surface area contributed by atoms with Crippen LogP contribution in [0.25, 0.3) is 0 Å². The first-order valence-electron chi connectivity index (χ1n) is 5.36. The summed E-state index contributed by atoms with van der Waals surface area (Å²) in [5.41, 5.74) is 1.16. The Hall–Kier alpha value is -1.49. The van der Waals surface area contributed by atoms with Gasteiger partial charge in [-0.15, -0.1) is 0 Å². The van der Waals surface area contributed by atoms with E-state index in [4.69, 9.17) is 4.52 Å². The largest absolute Gasteiger partial charge is 0.360 e. The van der Waals surface area contributed by atoms with Crippen LogP contribution in [-0.4, -0.2) is 15.9 Å². The molecule has 0 unspecified atom stereocenters. The Balaban J connectivity index is 2.01. The molecule has 0 aromatic carbocycles. The highest BCUT2D eigenvalue weighted by Gasteiger charge is 2.32. The van der Waals surface area contributed by atoms with Crippen LogP contribution in [0.15, 0.2) is 33.7 Å². The Morgan fingerprint density at radius 3 is 2.88 bits per heavy atom. The fourth-order valence-corrected chi connectivity index (χ4v) is 2.19. The predicted octanol–water partition coefficient (Wildman–Crippen LogP) is 2.94. The minimum Gasteiger partial charge on any atom is -0.360 e. The summed E-state index contributed by atoms with van der Waals surface area (Å²) in [5, 5.41) is 3.73. The molecule has 1 aliphatic carbocycles. The van der Waals surface area contributed by atoms with E-state index in [0.29, 0.717) is 21.5 Å². The van der Waals surface area contributed by atoms with E-state index in [1.54, 1.807) is 18.5 Å². The van der Waals surface area contributed by atoms with Gasteiger partial charge in [-0.25, -0.2) is 0 Å². The molecule has 0 atom stereocenters. The van der Waals surface area contributed by atoms with E-state index < -0.39 is 0 Å². The van der Waals surface area contributed by atoms with Crippen LogP contribution in [0.2, 0.25) is 0 Å². The van der Waals surface area contributed by atoms with Gasteiger partial charge in [0, 0.05) is 28.3 Å². The quantitative estimate of drug-likeness (QED) is 0.816. The van der Waals surface area contributed by atoms with Gasteiger partial charge in [0.2, 0.25) is 0 Å². The van der Waals surface area contributed by atoms with Crippen LogP contribution >= 0.6 is 15.9 Å². The zero-order valence-electron chi connectivity index (χ0n) is 8.89. The van der Waals surface area contributed by atoms with E-state index in [0.717, 1.165) is 18.6 Å². The molecule has 0 N–H and O–H groups in total. The highest BCUT2D eigenvalue weighted by molar-refractivity contribution is 9.10. The molecule has 1 saturated carbocycles. The maximum Gasteiger partial charge on any atom is 0.199 e. The van der Waals surface area contributed by atoms with Crippen molar-refractivity contribution in [2.45, 2.75) is 18.8 Å². The summed E-state index contributed by atoms with van der Waals surface area (Å²) in [6.45, 7) is 0. The third kappa shape index (κ3) is 1.91. The third-order valence-electron chi connectivity index (χ3n) is 2.81. The van der Waals surface area contributed by atoms with Crippen LogP contribution in [0.5, 0.6) is 0 Å². The van der Waals surface area contributed by atoms with E-state index in [2.05, 4.69) is 26.1 Å². The van der Waals surface area contributed by atoms with Gasteiger partial charge in [0.25, 0.3) is 0 Å². The molecule has 0 bridgehead atoms. The summed E-state index contributed by atoms with van der Waals surface area (Å²) in [6, 6.07) is 1.69. The molecule has 17 heavy (non-hydrogen) atoms. The topological polar surface area (TPSA) is 56.0 Å². The van der Waals surface area contributed by atoms with Crippen LogP contribution in [0.3, 0.4) is 0 Å². The number of nitrogens with zero attached hydrogens (tertiary/aromatic N) is 2. The molecular formula is C12H9BrN2O2. The Bertz CT molecular complexity index is 575. The van der Waals surface area contributed by atoms with Crippen molar-refractivity contribution in [2.24, 2.45) is 0 Å². The number of pyridine rings is 1. The number of hydrogen-bond donors (Lipinski definition) is 0. The molecule has 2 aromatic heterocycles. The van der Waals surface area contributed by atoms with Gasteiger partial charge in [-0.05, 0) is 34.8 Å². The minimum absolute atomic E-state index is 0.0672. The Morgan fingerprint density at radius 2 is 2.18 bits per heavy atom. The van der Waals surface area contributed by atoms with Crippen molar-refractivity contribution < 1.29 is 9.32 Å². The molecule has 1 fully saturated rings. The summed E-state index contributed by atoms with van der Waals surface area (Å²) < 4.78 is 5.86. The van der Waals surface area contributed by atoms with Crippen LogP contribution < -0.4 is 0 Å². The normalized spacial score (nSPS) is 14.9. The third-order valence-corrected chi connectivity index (χ3v) is 3.44. The Kier molecular flexibility index (Phi) is 2.55. The molecule has 1 aliphatic rings. The summed E-state index contributed by atoms with van der Waals surface area (Å²) >= 11 is 3.33. The lowest BCUT2D eigenvalue weighted by atomic mass is 10.0. The first-order chi connectivity index (χ1) is 8.27. The molecule has 0 saturated heterocycles. The van der Waals surface area contributed by atoms with Crippen molar-refractivity contribution in [3.8, 4) is 0 Å². The van der Waals surface area contributed by atoms with E-state index >= 15 is 0 Å². The molecule has 5 heteroatoms. The van der Waals surface area contributed by atoms with Gasteiger partial charge in [-0.3, -0.25) is 9.78 Å². The molecule has 4 nitrogen and oxygen atoms in total. The molecule has 2 heterocycles. The zero-order chi connectivity index (χ0) is 11.8. The summed E-state index contributed by atoms with van der Waals surface area (Å²) in [7, 11) is 0. The second kappa shape index (κ2) is 4.07. The second-order valence-corrected chi connectivity index (χ2v) is 4.92. The van der Waals surface area contributed by atoms with Gasteiger partial charge >= 0.3 is 0 Å². The van der Waals surface area contributed by atoms with Crippen molar-refractivity contribution in [2.75, 3.05) is 0 Å². The van der Waals surface area contributed by atoms with Crippen LogP contribution in [0, 0.1) is 0 Å². The van der Waals surface area contributed by atoms with Gasteiger partial charge in [-0.1, -0.05) is 5.16 Å². The van der Waals surface area contributed by atoms with E-state index in [9.17, 15) is 4.79 Å². The molecular weight excluding hydrogens is 284 g/mol. The lowest BCUT2D eigenvalue weighted by molar-refractivity contribution is 0.103. The van der Waals surface area contributed by atoms with Crippen molar-refractivity contribution in [3.05, 3.63) is 46.0 Å². The van der Waals surface area contributed by atoms with Crippen molar-refractivity contribution in [1.29, 1.82) is 0 Å². The fourth-order valence-electron chi connectivity index (χ4n) is 1.76. The summed E-state index contributed by atoms with van der Waals surface area (Å²) in [4.78, 5) is 16.3. The predicted molar refractivity (Wildman–Crippen MR) is 63.8 cm³/mol. The molecule has 0 aliphatic heterocycles. The summed E-state index contributed by atoms with van der Waals surface area (Å²) in [6.07, 6.45) is 6.86. The van der Waals surface area contributed by atoms with Crippen molar-refractivity contribution in [3.63, 3.8) is 0 Å². The van der Waals surface area contributed by atoms with Crippen molar-refractivity contribution in [1.82, 2.24) is 10.1 Å². The first kappa shape index (κ1) is 10.7. The highest BCUT2D eigenvalue weighted by Crippen LogP contribution is 2.42. The van der Waals surface area contributed by atoms with Gasteiger partial charge in [-0.2, -0.15) is 0 Å². The number of halogens is 1. The van der Waals surface area contributed by atoms with Gasteiger partial charge in [0.15, 0.2) is 11.5 Å². The van der Waals surface area contributed by atoms with Crippen LogP contribution in [0.4, 0.5) is 0 Å². The van der Waals surface area contributed by atoms with Crippen LogP contribution in [0.1, 0.15) is 40.4 Å². The molecule has 0 radical (unpaired) electrons. The Morgan fingerprint density at radius 1 is 1.35 bits per heavy atom. The average Bonchev–Trinajstić information content (AvgIpc) is 3.07. The maximum atomic E-state index is 12.3. The standard InChI is InChI=1S/C12H9BrN2O2/c13-10-6-14-4-3-8(10)11(16)9-5-15-17-12(9)7-1-2-7/h3-7H,1-2H2. The molecule has 0 amide bonds. The lowest BCUT2D eigenvalue weighted by Gasteiger charge is -2.01. The smallest absolute Gasteiger partial charge is 0.199 e. The zero-order valence-corrected chi connectivity index (χ0v) is 10.5. The summed E-state index contributed by atoms with van der Waals surface area (Å²) in [5.74, 6) is 1.03. The monoisotopic (exact) mass is 292 g/mol. The van der Waals surface area contributed by atoms with Crippen molar-refractivity contribution >= 4 is 21.7 Å². The first-order valence-corrected chi connectivity index (χ1v) is 6.15. The number of carbonyl (C=O) groups is 1. The van der Waals surface area contributed by atoms with E-state index in [1.807, 2.05) is 0 Å². The van der Waals surface area contributed by atoms with Crippen LogP contribution in [-0.2, 0) is 0 Å².